The van der Waals surface area contributed by atoms with Gasteiger partial charge in [0.2, 0.25) is 0 Å². The van der Waals surface area contributed by atoms with Gasteiger partial charge in [-0.25, -0.2) is 0 Å². The minimum absolute atomic E-state index is 0.00555. The maximum absolute atomic E-state index is 13.2. The Labute approximate surface area is 196 Å². The van der Waals surface area contributed by atoms with Crippen molar-refractivity contribution in [3.63, 3.8) is 0 Å². The minimum atomic E-state index is 0.00555. The number of pyridine rings is 1. The van der Waals surface area contributed by atoms with Gasteiger partial charge in [-0.1, -0.05) is 11.3 Å². The molecule has 2 aromatic rings. The average molecular weight is 473 g/mol. The molecule has 4 heterocycles. The maximum atomic E-state index is 13.2. The summed E-state index contributed by atoms with van der Waals surface area (Å²) in [6.07, 6.45) is 4.56. The van der Waals surface area contributed by atoms with Gasteiger partial charge < -0.3 is 14.8 Å². The van der Waals surface area contributed by atoms with E-state index in [9.17, 15) is 4.79 Å². The van der Waals surface area contributed by atoms with E-state index in [1.165, 1.54) is 21.8 Å². The number of thiophene rings is 1. The van der Waals surface area contributed by atoms with Gasteiger partial charge in [-0.15, -0.1) is 0 Å². The first-order valence-corrected chi connectivity index (χ1v) is 12.8. The lowest BCUT2D eigenvalue weighted by Crippen LogP contribution is -2.38. The molecule has 0 atom stereocenters. The summed E-state index contributed by atoms with van der Waals surface area (Å²) in [5.41, 5.74) is 4.46. The molecule has 2 aliphatic heterocycles. The number of ether oxygens (including phenoxy) is 2. The second-order valence-corrected chi connectivity index (χ2v) is 10.1. The molecule has 1 saturated heterocycles. The number of fused-ring (bicyclic) bond motifs is 2. The second-order valence-electron chi connectivity index (χ2n) is 8.18. The number of aryl methyl sites for hydroxylation is 1. The van der Waals surface area contributed by atoms with Crippen LogP contribution in [-0.4, -0.2) is 61.7 Å². The van der Waals surface area contributed by atoms with Gasteiger partial charge in [0.25, 0.3) is 5.91 Å². The normalized spacial score (nSPS) is 18.4. The van der Waals surface area contributed by atoms with Crippen LogP contribution in [0.25, 0.3) is 4.91 Å². The van der Waals surface area contributed by atoms with Crippen LogP contribution in [0.15, 0.2) is 23.9 Å². The van der Waals surface area contributed by atoms with Crippen molar-refractivity contribution in [3.8, 4) is 10.8 Å². The summed E-state index contributed by atoms with van der Waals surface area (Å²) < 4.78 is 15.1. The van der Waals surface area contributed by atoms with Crippen molar-refractivity contribution < 1.29 is 14.3 Å². The molecule has 0 unspecified atom stereocenters. The highest BCUT2D eigenvalue weighted by Crippen LogP contribution is 2.51. The molecule has 5 rings (SSSR count). The van der Waals surface area contributed by atoms with Crippen molar-refractivity contribution in [3.05, 3.63) is 45.6 Å². The van der Waals surface area contributed by atoms with Gasteiger partial charge in [0.15, 0.2) is 5.06 Å². The highest BCUT2D eigenvalue weighted by atomic mass is 32.2. The average Bonchev–Trinajstić information content (AvgIpc) is 3.43. The molecule has 1 aliphatic carbocycles. The van der Waals surface area contributed by atoms with E-state index in [0.29, 0.717) is 6.54 Å². The summed E-state index contributed by atoms with van der Waals surface area (Å²) in [5, 5.41) is 3.93. The SMILES string of the molecule is Cc1ncccc1Oc1sc(C(=O)NCCCN2CCOCC2)c2c1C1=C(CC2)CNS1. The van der Waals surface area contributed by atoms with Crippen molar-refractivity contribution in [1.82, 2.24) is 19.9 Å². The molecule has 32 heavy (non-hydrogen) atoms. The number of nitrogens with one attached hydrogen (secondary N) is 2. The molecule has 170 valence electrons. The molecule has 0 spiro atoms. The fourth-order valence-electron chi connectivity index (χ4n) is 4.31. The molecule has 1 fully saturated rings. The molecule has 9 heteroatoms. The first-order chi connectivity index (χ1) is 15.7. The van der Waals surface area contributed by atoms with Crippen LogP contribution in [0.1, 0.15) is 39.3 Å². The molecular weight excluding hydrogens is 444 g/mol. The van der Waals surface area contributed by atoms with Gasteiger partial charge >= 0.3 is 0 Å². The zero-order valence-electron chi connectivity index (χ0n) is 18.2. The van der Waals surface area contributed by atoms with E-state index in [-0.39, 0.29) is 5.91 Å². The van der Waals surface area contributed by atoms with E-state index in [4.69, 9.17) is 9.47 Å². The summed E-state index contributed by atoms with van der Waals surface area (Å²) in [6.45, 7) is 8.05. The Bertz CT molecular complexity index is 1030. The van der Waals surface area contributed by atoms with Crippen molar-refractivity contribution in [2.75, 3.05) is 45.9 Å². The lowest BCUT2D eigenvalue weighted by Gasteiger charge is -2.26. The molecular formula is C23H28N4O3S2. The molecule has 0 bridgehead atoms. The Morgan fingerprint density at radius 1 is 1.34 bits per heavy atom. The largest absolute Gasteiger partial charge is 0.444 e. The van der Waals surface area contributed by atoms with Gasteiger partial charge in [-0.2, -0.15) is 0 Å². The highest BCUT2D eigenvalue weighted by molar-refractivity contribution is 8.06. The molecule has 3 aliphatic rings. The van der Waals surface area contributed by atoms with Crippen LogP contribution in [0.3, 0.4) is 0 Å². The van der Waals surface area contributed by atoms with Crippen LogP contribution in [0.5, 0.6) is 10.8 Å². The predicted octanol–water partition coefficient (Wildman–Crippen LogP) is 3.60. The first-order valence-electron chi connectivity index (χ1n) is 11.2. The molecule has 7 nitrogen and oxygen atoms in total. The van der Waals surface area contributed by atoms with E-state index in [0.717, 1.165) is 91.2 Å². The van der Waals surface area contributed by atoms with E-state index < -0.39 is 0 Å². The third kappa shape index (κ3) is 4.58. The number of rotatable bonds is 7. The summed E-state index contributed by atoms with van der Waals surface area (Å²) in [6, 6.07) is 3.80. The Balaban J connectivity index is 1.33. The summed E-state index contributed by atoms with van der Waals surface area (Å²) in [5.74, 6) is 0.740. The summed E-state index contributed by atoms with van der Waals surface area (Å²) >= 11 is 3.11. The van der Waals surface area contributed by atoms with Gasteiger partial charge in [0, 0.05) is 42.8 Å². The van der Waals surface area contributed by atoms with Crippen molar-refractivity contribution in [2.24, 2.45) is 0 Å². The number of carbonyl (C=O) groups excluding carboxylic acids is 1. The monoisotopic (exact) mass is 472 g/mol. The number of hydrogen-bond acceptors (Lipinski definition) is 8. The highest BCUT2D eigenvalue weighted by Gasteiger charge is 2.33. The van der Waals surface area contributed by atoms with Crippen LogP contribution in [-0.2, 0) is 11.2 Å². The quantitative estimate of drug-likeness (QED) is 0.471. The summed E-state index contributed by atoms with van der Waals surface area (Å²) in [4.78, 5) is 21.9. The van der Waals surface area contributed by atoms with E-state index in [1.807, 2.05) is 19.1 Å². The smallest absolute Gasteiger partial charge is 0.261 e. The third-order valence-electron chi connectivity index (χ3n) is 6.07. The Hall–Kier alpha value is -1.91. The maximum Gasteiger partial charge on any atom is 0.261 e. The number of amides is 1. The number of hydrogen-bond donors (Lipinski definition) is 2. The number of carbonyl (C=O) groups is 1. The standard InChI is InChI=1S/C23H28N4O3S2/c1-15-18(4-2-7-24-15)30-23-19-17(6-5-16-14-26-32-20(16)19)21(31-23)22(28)25-8-3-9-27-10-12-29-13-11-27/h2,4,7,26H,3,5-6,8-14H2,1H3,(H,25,28). The Morgan fingerprint density at radius 2 is 2.22 bits per heavy atom. The fraction of sp³-hybridized carbons (Fsp3) is 0.478. The van der Waals surface area contributed by atoms with Crippen molar-refractivity contribution in [1.29, 1.82) is 0 Å². The Kier molecular flexibility index (Phi) is 6.80. The lowest BCUT2D eigenvalue weighted by molar-refractivity contribution is 0.0374. The van der Waals surface area contributed by atoms with Gasteiger partial charge in [0.05, 0.1) is 23.8 Å². The molecule has 0 aromatic carbocycles. The van der Waals surface area contributed by atoms with Crippen LogP contribution < -0.4 is 14.8 Å². The zero-order valence-corrected chi connectivity index (χ0v) is 19.9. The predicted molar refractivity (Wildman–Crippen MR) is 128 cm³/mol. The van der Waals surface area contributed by atoms with Crippen LogP contribution in [0.4, 0.5) is 0 Å². The van der Waals surface area contributed by atoms with Crippen LogP contribution >= 0.6 is 23.3 Å². The van der Waals surface area contributed by atoms with E-state index in [1.54, 1.807) is 18.1 Å². The minimum Gasteiger partial charge on any atom is -0.444 e. The van der Waals surface area contributed by atoms with E-state index >= 15 is 0 Å². The third-order valence-corrected chi connectivity index (χ3v) is 8.16. The Morgan fingerprint density at radius 3 is 3.06 bits per heavy atom. The molecule has 0 radical (unpaired) electrons. The van der Waals surface area contributed by atoms with Gasteiger partial charge in [-0.05, 0) is 67.9 Å². The van der Waals surface area contributed by atoms with Crippen LogP contribution in [0, 0.1) is 6.92 Å². The van der Waals surface area contributed by atoms with Gasteiger partial charge in [0.1, 0.15) is 5.75 Å². The second kappa shape index (κ2) is 9.93. The molecule has 0 saturated carbocycles. The number of nitrogens with zero attached hydrogens (tertiary/aromatic N) is 2. The number of aromatic nitrogens is 1. The lowest BCUT2D eigenvalue weighted by atomic mass is 9.93. The number of morpholine rings is 1. The molecule has 2 N–H and O–H groups in total. The molecule has 1 amide bonds. The van der Waals surface area contributed by atoms with Gasteiger partial charge in [-0.3, -0.25) is 19.4 Å². The van der Waals surface area contributed by atoms with Crippen LogP contribution in [0.2, 0.25) is 0 Å². The topological polar surface area (TPSA) is 75.7 Å². The molecule has 2 aromatic heterocycles. The van der Waals surface area contributed by atoms with Crippen molar-refractivity contribution >= 4 is 34.1 Å². The summed E-state index contributed by atoms with van der Waals surface area (Å²) in [7, 11) is 0. The van der Waals surface area contributed by atoms with E-state index in [2.05, 4.69) is 19.9 Å². The zero-order chi connectivity index (χ0) is 21.9. The van der Waals surface area contributed by atoms with Crippen molar-refractivity contribution in [2.45, 2.75) is 26.2 Å². The fourth-order valence-corrected chi connectivity index (χ4v) is 6.53. The first kappa shape index (κ1) is 21.9.